The summed E-state index contributed by atoms with van der Waals surface area (Å²) in [5.41, 5.74) is 0.478. The third-order valence-corrected chi connectivity index (χ3v) is 2.39. The molecule has 16 heavy (non-hydrogen) atoms. The normalized spacial score (nSPS) is 12.4. The highest BCUT2D eigenvalue weighted by Gasteiger charge is 2.08. The van der Waals surface area contributed by atoms with Crippen LogP contribution in [0.2, 0.25) is 0 Å². The Hall–Kier alpha value is -0.0800. The van der Waals surface area contributed by atoms with E-state index in [1.54, 1.807) is 0 Å². The van der Waals surface area contributed by atoms with Gasteiger partial charge in [-0.1, -0.05) is 33.6 Å². The topological polar surface area (TPSA) is 18.5 Å². The Morgan fingerprint density at radius 1 is 0.875 bits per heavy atom. The van der Waals surface area contributed by atoms with Gasteiger partial charge in [-0.25, -0.2) is 0 Å². The smallest absolute Gasteiger partial charge is 0.0703 e. The minimum absolute atomic E-state index is 0.315. The average molecular weight is 230 g/mol. The number of rotatable bonds is 9. The second kappa shape index (κ2) is 9.00. The lowest BCUT2D eigenvalue weighted by Gasteiger charge is -2.17. The number of ether oxygens (including phenoxy) is 2. The number of hydrogen-bond acceptors (Lipinski definition) is 2. The third kappa shape index (κ3) is 13.9. The lowest BCUT2D eigenvalue weighted by Crippen LogP contribution is -2.10. The van der Waals surface area contributed by atoms with Crippen LogP contribution >= 0.6 is 0 Å². The fourth-order valence-corrected chi connectivity index (χ4v) is 1.48. The Balaban J connectivity index is 3.05. The summed E-state index contributed by atoms with van der Waals surface area (Å²) < 4.78 is 10.9. The molecule has 0 atom stereocenters. The molecule has 0 aliphatic carbocycles. The summed E-state index contributed by atoms with van der Waals surface area (Å²) in [6.45, 7) is 13.3. The Morgan fingerprint density at radius 3 is 2.12 bits per heavy atom. The van der Waals surface area contributed by atoms with Crippen LogP contribution in [0.1, 0.15) is 60.3 Å². The van der Waals surface area contributed by atoms with Gasteiger partial charge < -0.3 is 9.47 Å². The van der Waals surface area contributed by atoms with Gasteiger partial charge in [0.15, 0.2) is 0 Å². The van der Waals surface area contributed by atoms with Gasteiger partial charge in [0, 0.05) is 6.61 Å². The first-order valence-electron chi connectivity index (χ1n) is 6.61. The summed E-state index contributed by atoms with van der Waals surface area (Å²) >= 11 is 0. The van der Waals surface area contributed by atoms with Crippen molar-refractivity contribution in [3.05, 3.63) is 0 Å². The van der Waals surface area contributed by atoms with E-state index in [1.807, 2.05) is 13.8 Å². The summed E-state index contributed by atoms with van der Waals surface area (Å²) in [7, 11) is 0. The molecule has 0 aromatic rings. The quantitative estimate of drug-likeness (QED) is 0.557. The number of hydrogen-bond donors (Lipinski definition) is 0. The van der Waals surface area contributed by atoms with Crippen molar-refractivity contribution in [1.82, 2.24) is 0 Å². The highest BCUT2D eigenvalue weighted by molar-refractivity contribution is 4.60. The summed E-state index contributed by atoms with van der Waals surface area (Å²) in [5, 5.41) is 0. The molecule has 2 nitrogen and oxygen atoms in total. The molecular weight excluding hydrogens is 200 g/mol. The van der Waals surface area contributed by atoms with Crippen molar-refractivity contribution in [1.29, 1.82) is 0 Å². The van der Waals surface area contributed by atoms with Crippen molar-refractivity contribution in [3.63, 3.8) is 0 Å². The van der Waals surface area contributed by atoms with Crippen molar-refractivity contribution < 1.29 is 9.47 Å². The van der Waals surface area contributed by atoms with Gasteiger partial charge >= 0.3 is 0 Å². The van der Waals surface area contributed by atoms with Crippen LogP contribution in [0.15, 0.2) is 0 Å². The predicted molar refractivity (Wildman–Crippen MR) is 69.8 cm³/mol. The van der Waals surface area contributed by atoms with Crippen molar-refractivity contribution in [3.8, 4) is 0 Å². The molecule has 0 saturated heterocycles. The molecular formula is C14H30O2. The van der Waals surface area contributed by atoms with Gasteiger partial charge in [-0.3, -0.25) is 0 Å². The molecule has 0 aliphatic heterocycles. The lowest BCUT2D eigenvalue weighted by atomic mass is 9.89. The van der Waals surface area contributed by atoms with Crippen LogP contribution in [0, 0.1) is 5.41 Å². The van der Waals surface area contributed by atoms with Gasteiger partial charge in [0.1, 0.15) is 0 Å². The van der Waals surface area contributed by atoms with E-state index in [9.17, 15) is 0 Å². The molecule has 0 rings (SSSR count). The molecule has 0 aliphatic rings. The SMILES string of the molecule is CC(C)OCCOCCCCCC(C)(C)C. The van der Waals surface area contributed by atoms with Crippen LogP contribution in [0.25, 0.3) is 0 Å². The zero-order valence-electron chi connectivity index (χ0n) is 11.8. The van der Waals surface area contributed by atoms with Crippen LogP contribution in [0.4, 0.5) is 0 Å². The van der Waals surface area contributed by atoms with E-state index in [-0.39, 0.29) is 0 Å². The van der Waals surface area contributed by atoms with Gasteiger partial charge in [-0.15, -0.1) is 0 Å². The number of unbranched alkanes of at least 4 members (excludes halogenated alkanes) is 2. The molecule has 2 heteroatoms. The molecule has 0 heterocycles. The van der Waals surface area contributed by atoms with Gasteiger partial charge in [-0.2, -0.15) is 0 Å². The molecule has 98 valence electrons. The molecule has 0 aromatic heterocycles. The molecule has 0 aromatic carbocycles. The first kappa shape index (κ1) is 15.9. The standard InChI is InChI=1S/C14H30O2/c1-13(2)16-12-11-15-10-8-6-7-9-14(3,4)5/h13H,6-12H2,1-5H3. The minimum Gasteiger partial charge on any atom is -0.379 e. The minimum atomic E-state index is 0.315. The maximum Gasteiger partial charge on any atom is 0.0703 e. The van der Waals surface area contributed by atoms with Crippen LogP contribution in [0.5, 0.6) is 0 Å². The van der Waals surface area contributed by atoms with Gasteiger partial charge in [-0.05, 0) is 32.1 Å². The van der Waals surface area contributed by atoms with Crippen molar-refractivity contribution >= 4 is 0 Å². The fraction of sp³-hybridized carbons (Fsp3) is 1.00. The Morgan fingerprint density at radius 2 is 1.56 bits per heavy atom. The van der Waals surface area contributed by atoms with E-state index in [0.29, 0.717) is 11.5 Å². The maximum absolute atomic E-state index is 5.49. The summed E-state index contributed by atoms with van der Waals surface area (Å²) in [4.78, 5) is 0. The highest BCUT2D eigenvalue weighted by Crippen LogP contribution is 2.21. The Kier molecular flexibility index (Phi) is 8.96. The van der Waals surface area contributed by atoms with E-state index < -0.39 is 0 Å². The molecule has 0 N–H and O–H groups in total. The molecule has 0 saturated carbocycles. The zero-order valence-corrected chi connectivity index (χ0v) is 11.8. The molecule has 0 radical (unpaired) electrons. The lowest BCUT2D eigenvalue weighted by molar-refractivity contribution is 0.0186. The Bertz CT molecular complexity index is 147. The van der Waals surface area contributed by atoms with E-state index in [4.69, 9.17) is 9.47 Å². The van der Waals surface area contributed by atoms with Gasteiger partial charge in [0.2, 0.25) is 0 Å². The summed E-state index contributed by atoms with van der Waals surface area (Å²) in [6, 6.07) is 0. The molecule has 0 spiro atoms. The predicted octanol–water partition coefficient (Wildman–Crippen LogP) is 4.03. The summed E-state index contributed by atoms with van der Waals surface area (Å²) in [5.74, 6) is 0. The largest absolute Gasteiger partial charge is 0.379 e. The van der Waals surface area contributed by atoms with Gasteiger partial charge in [0.05, 0.1) is 19.3 Å². The maximum atomic E-state index is 5.49. The van der Waals surface area contributed by atoms with E-state index in [0.717, 1.165) is 19.8 Å². The third-order valence-electron chi connectivity index (χ3n) is 2.39. The van der Waals surface area contributed by atoms with Gasteiger partial charge in [0.25, 0.3) is 0 Å². The second-order valence-electron chi connectivity index (χ2n) is 5.90. The van der Waals surface area contributed by atoms with E-state index in [1.165, 1.54) is 25.7 Å². The van der Waals surface area contributed by atoms with Crippen molar-refractivity contribution in [2.24, 2.45) is 5.41 Å². The molecule has 0 bridgehead atoms. The monoisotopic (exact) mass is 230 g/mol. The average Bonchev–Trinajstić information content (AvgIpc) is 2.13. The summed E-state index contributed by atoms with van der Waals surface area (Å²) in [6.07, 6.45) is 5.40. The first-order valence-corrected chi connectivity index (χ1v) is 6.61. The second-order valence-corrected chi connectivity index (χ2v) is 5.90. The fourth-order valence-electron chi connectivity index (χ4n) is 1.48. The Labute approximate surface area is 102 Å². The van der Waals surface area contributed by atoms with Crippen LogP contribution in [-0.4, -0.2) is 25.9 Å². The van der Waals surface area contributed by atoms with Crippen molar-refractivity contribution in [2.45, 2.75) is 66.4 Å². The van der Waals surface area contributed by atoms with Crippen molar-refractivity contribution in [2.75, 3.05) is 19.8 Å². The van der Waals surface area contributed by atoms with Crippen LogP contribution < -0.4 is 0 Å². The molecule has 0 unspecified atom stereocenters. The molecule has 0 fully saturated rings. The highest BCUT2D eigenvalue weighted by atomic mass is 16.5. The van der Waals surface area contributed by atoms with E-state index >= 15 is 0 Å². The molecule has 0 amide bonds. The zero-order chi connectivity index (χ0) is 12.4. The first-order chi connectivity index (χ1) is 7.42. The van der Waals surface area contributed by atoms with Crippen LogP contribution in [0.3, 0.4) is 0 Å². The van der Waals surface area contributed by atoms with Crippen LogP contribution in [-0.2, 0) is 9.47 Å². The van der Waals surface area contributed by atoms with E-state index in [2.05, 4.69) is 20.8 Å².